The molecule has 128 valence electrons. The minimum absolute atomic E-state index is 0.0938. The van der Waals surface area contributed by atoms with Crippen molar-refractivity contribution in [1.29, 1.82) is 0 Å². The molecule has 2 aromatic rings. The number of aromatic nitrogens is 1. The fourth-order valence-electron chi connectivity index (χ4n) is 3.09. The second kappa shape index (κ2) is 6.78. The highest BCUT2D eigenvalue weighted by Gasteiger charge is 2.30. The molecule has 0 amide bonds. The Morgan fingerprint density at radius 1 is 1.08 bits per heavy atom. The van der Waals surface area contributed by atoms with E-state index in [2.05, 4.69) is 0 Å². The monoisotopic (exact) mass is 348 g/mol. The molecule has 7 heteroatoms. The molecule has 3 rings (SSSR count). The van der Waals surface area contributed by atoms with Crippen molar-refractivity contribution >= 4 is 16.0 Å². The molecular formula is C17H20N2O4S. The maximum Gasteiger partial charge on any atom is 0.354 e. The van der Waals surface area contributed by atoms with Gasteiger partial charge in [-0.15, -0.1) is 0 Å². The molecule has 1 aliphatic rings. The molecule has 0 N–H and O–H groups in total. The van der Waals surface area contributed by atoms with Crippen LogP contribution in [-0.4, -0.2) is 43.5 Å². The van der Waals surface area contributed by atoms with Crippen LogP contribution in [0.3, 0.4) is 0 Å². The van der Waals surface area contributed by atoms with E-state index in [-0.39, 0.29) is 12.0 Å². The number of rotatable bonds is 4. The summed E-state index contributed by atoms with van der Waals surface area (Å²) >= 11 is 0. The lowest BCUT2D eigenvalue weighted by Crippen LogP contribution is -2.39. The number of ether oxygens (including phenoxy) is 1. The Kier molecular flexibility index (Phi) is 4.73. The molecule has 1 saturated heterocycles. The first-order chi connectivity index (χ1) is 11.5. The topological polar surface area (TPSA) is 68.6 Å². The Balaban J connectivity index is 1.73. The minimum Gasteiger partial charge on any atom is -0.464 e. The van der Waals surface area contributed by atoms with Gasteiger partial charge in [-0.2, -0.15) is 4.31 Å². The van der Waals surface area contributed by atoms with E-state index in [1.54, 1.807) is 42.5 Å². The second-order valence-corrected chi connectivity index (χ2v) is 7.68. The lowest BCUT2D eigenvalue weighted by atomic mass is 10.1. The summed E-state index contributed by atoms with van der Waals surface area (Å²) in [5, 5.41) is 0. The highest BCUT2D eigenvalue weighted by molar-refractivity contribution is 7.89. The van der Waals surface area contributed by atoms with Gasteiger partial charge in [0.25, 0.3) is 0 Å². The molecule has 0 unspecified atom stereocenters. The van der Waals surface area contributed by atoms with Gasteiger partial charge >= 0.3 is 5.97 Å². The van der Waals surface area contributed by atoms with Crippen molar-refractivity contribution in [3.8, 4) is 0 Å². The fraction of sp³-hybridized carbons (Fsp3) is 0.353. The summed E-state index contributed by atoms with van der Waals surface area (Å²) in [5.74, 6) is -0.376. The number of sulfonamides is 1. The predicted molar refractivity (Wildman–Crippen MR) is 89.2 cm³/mol. The fourth-order valence-corrected chi connectivity index (χ4v) is 4.58. The number of carbonyl (C=O) groups excluding carboxylic acids is 1. The van der Waals surface area contributed by atoms with E-state index < -0.39 is 10.0 Å². The molecule has 2 heterocycles. The quantitative estimate of drug-likeness (QED) is 0.795. The van der Waals surface area contributed by atoms with Crippen molar-refractivity contribution < 1.29 is 17.9 Å². The zero-order valence-electron chi connectivity index (χ0n) is 13.5. The average Bonchev–Trinajstić information content (AvgIpc) is 3.11. The molecular weight excluding hydrogens is 328 g/mol. The minimum atomic E-state index is -3.45. The van der Waals surface area contributed by atoms with Crippen LogP contribution in [0.2, 0.25) is 0 Å². The van der Waals surface area contributed by atoms with Gasteiger partial charge in [0.1, 0.15) is 5.69 Å². The van der Waals surface area contributed by atoms with Crippen LogP contribution < -0.4 is 0 Å². The van der Waals surface area contributed by atoms with Gasteiger partial charge in [-0.05, 0) is 37.1 Å². The van der Waals surface area contributed by atoms with Crippen LogP contribution in [0.1, 0.15) is 29.4 Å². The van der Waals surface area contributed by atoms with E-state index in [0.717, 1.165) is 0 Å². The smallest absolute Gasteiger partial charge is 0.354 e. The Labute approximate surface area is 141 Å². The van der Waals surface area contributed by atoms with Crippen LogP contribution >= 0.6 is 0 Å². The SMILES string of the molecule is COC(=O)c1cccn1C1CCN(S(=O)(=O)c2ccccc2)CC1. The van der Waals surface area contributed by atoms with Gasteiger partial charge in [0.2, 0.25) is 10.0 Å². The second-order valence-electron chi connectivity index (χ2n) is 5.74. The van der Waals surface area contributed by atoms with E-state index in [1.165, 1.54) is 11.4 Å². The average molecular weight is 348 g/mol. The van der Waals surface area contributed by atoms with Crippen LogP contribution in [-0.2, 0) is 14.8 Å². The summed E-state index contributed by atoms with van der Waals surface area (Å²) in [6.07, 6.45) is 3.16. The highest BCUT2D eigenvalue weighted by Crippen LogP contribution is 2.28. The molecule has 0 bridgehead atoms. The van der Waals surface area contributed by atoms with Crippen molar-refractivity contribution in [2.24, 2.45) is 0 Å². The van der Waals surface area contributed by atoms with E-state index in [1.807, 2.05) is 10.8 Å². The van der Waals surface area contributed by atoms with Crippen LogP contribution in [0.5, 0.6) is 0 Å². The first-order valence-electron chi connectivity index (χ1n) is 7.84. The van der Waals surface area contributed by atoms with Crippen LogP contribution in [0, 0.1) is 0 Å². The van der Waals surface area contributed by atoms with Gasteiger partial charge in [-0.1, -0.05) is 18.2 Å². The molecule has 0 saturated carbocycles. The maximum absolute atomic E-state index is 12.6. The van der Waals surface area contributed by atoms with Crippen LogP contribution in [0.15, 0.2) is 53.6 Å². The normalized spacial score (nSPS) is 16.9. The number of hydrogen-bond donors (Lipinski definition) is 0. The van der Waals surface area contributed by atoms with E-state index in [9.17, 15) is 13.2 Å². The number of esters is 1. The van der Waals surface area contributed by atoms with Crippen molar-refractivity contribution in [2.45, 2.75) is 23.8 Å². The molecule has 1 fully saturated rings. The van der Waals surface area contributed by atoms with Crippen LogP contribution in [0.4, 0.5) is 0 Å². The zero-order chi connectivity index (χ0) is 17.2. The highest BCUT2D eigenvalue weighted by atomic mass is 32.2. The molecule has 0 aliphatic carbocycles. The predicted octanol–water partition coefficient (Wildman–Crippen LogP) is 2.30. The summed E-state index contributed by atoms with van der Waals surface area (Å²) in [6, 6.07) is 12.1. The van der Waals surface area contributed by atoms with E-state index in [0.29, 0.717) is 36.5 Å². The first-order valence-corrected chi connectivity index (χ1v) is 9.28. The van der Waals surface area contributed by atoms with Gasteiger partial charge in [0.15, 0.2) is 0 Å². The Morgan fingerprint density at radius 3 is 2.38 bits per heavy atom. The van der Waals surface area contributed by atoms with Crippen molar-refractivity contribution in [2.75, 3.05) is 20.2 Å². The molecule has 24 heavy (non-hydrogen) atoms. The number of hydrogen-bond acceptors (Lipinski definition) is 4. The molecule has 0 radical (unpaired) electrons. The summed E-state index contributed by atoms with van der Waals surface area (Å²) < 4.78 is 33.5. The van der Waals surface area contributed by atoms with Gasteiger partial charge in [0, 0.05) is 25.3 Å². The lowest BCUT2D eigenvalue weighted by molar-refractivity contribution is 0.0583. The number of carbonyl (C=O) groups is 1. The van der Waals surface area contributed by atoms with E-state index in [4.69, 9.17) is 4.74 Å². The summed E-state index contributed by atoms with van der Waals surface area (Å²) in [7, 11) is -2.10. The number of piperidine rings is 1. The third-order valence-electron chi connectivity index (χ3n) is 4.37. The lowest BCUT2D eigenvalue weighted by Gasteiger charge is -2.32. The summed E-state index contributed by atoms with van der Waals surface area (Å²) in [4.78, 5) is 12.1. The Bertz CT molecular complexity index is 806. The number of nitrogens with zero attached hydrogens (tertiary/aromatic N) is 2. The van der Waals surface area contributed by atoms with Gasteiger partial charge in [0.05, 0.1) is 12.0 Å². The standard InChI is InChI=1S/C17H20N2O4S/c1-23-17(20)16-8-5-11-19(16)14-9-12-18(13-10-14)24(21,22)15-6-3-2-4-7-15/h2-8,11,14H,9-10,12-13H2,1H3. The third-order valence-corrected chi connectivity index (χ3v) is 6.28. The van der Waals surface area contributed by atoms with Crippen molar-refractivity contribution in [1.82, 2.24) is 8.87 Å². The number of methoxy groups -OCH3 is 1. The summed E-state index contributed by atoms with van der Waals surface area (Å²) in [6.45, 7) is 0.862. The van der Waals surface area contributed by atoms with Gasteiger partial charge in [-0.3, -0.25) is 0 Å². The molecule has 1 aliphatic heterocycles. The summed E-state index contributed by atoms with van der Waals surface area (Å²) in [5.41, 5.74) is 0.502. The largest absolute Gasteiger partial charge is 0.464 e. The van der Waals surface area contributed by atoms with Gasteiger partial charge < -0.3 is 9.30 Å². The molecule has 0 atom stereocenters. The first kappa shape index (κ1) is 16.7. The van der Waals surface area contributed by atoms with E-state index >= 15 is 0 Å². The van der Waals surface area contributed by atoms with Gasteiger partial charge in [-0.25, -0.2) is 13.2 Å². The molecule has 1 aromatic heterocycles. The van der Waals surface area contributed by atoms with Crippen molar-refractivity contribution in [3.63, 3.8) is 0 Å². The molecule has 6 nitrogen and oxygen atoms in total. The Morgan fingerprint density at radius 2 is 1.75 bits per heavy atom. The molecule has 1 aromatic carbocycles. The number of benzene rings is 1. The third kappa shape index (κ3) is 3.09. The van der Waals surface area contributed by atoms with Crippen molar-refractivity contribution in [3.05, 3.63) is 54.4 Å². The van der Waals surface area contributed by atoms with Crippen LogP contribution in [0.25, 0.3) is 0 Å². The molecule has 0 spiro atoms. The maximum atomic E-state index is 12.6. The Hall–Kier alpha value is -2.12. The zero-order valence-corrected chi connectivity index (χ0v) is 14.3.